The minimum Gasteiger partial charge on any atom is -0.481 e. The van der Waals surface area contributed by atoms with Gasteiger partial charge in [-0.3, -0.25) is 4.79 Å². The molecule has 0 bridgehead atoms. The fourth-order valence-corrected chi connectivity index (χ4v) is 1.08. The first-order chi connectivity index (χ1) is 6.24. The molecule has 1 rings (SSSR count). The molecule has 5 heteroatoms. The van der Waals surface area contributed by atoms with Crippen LogP contribution in [-0.2, 0) is 17.8 Å². The number of nitrogens with zero attached hydrogens (tertiary/aromatic N) is 2. The standard InChI is InChI=1S/C8H11FN2O2/c9-3-4-11-6-10-5-7(11)1-2-8(12)13/h5-6H,1-4H2,(H,12,13). The molecule has 0 aromatic carbocycles. The van der Waals surface area contributed by atoms with Gasteiger partial charge in [-0.25, -0.2) is 9.37 Å². The second kappa shape index (κ2) is 4.59. The molecule has 0 atom stereocenters. The van der Waals surface area contributed by atoms with Crippen molar-refractivity contribution in [3.8, 4) is 0 Å². The van der Waals surface area contributed by atoms with Crippen molar-refractivity contribution in [3.63, 3.8) is 0 Å². The van der Waals surface area contributed by atoms with Gasteiger partial charge in [-0.05, 0) is 6.42 Å². The van der Waals surface area contributed by atoms with Crippen LogP contribution in [0.2, 0.25) is 0 Å². The summed E-state index contributed by atoms with van der Waals surface area (Å²) in [7, 11) is 0. The van der Waals surface area contributed by atoms with Gasteiger partial charge in [-0.2, -0.15) is 0 Å². The Morgan fingerprint density at radius 3 is 3.08 bits per heavy atom. The zero-order chi connectivity index (χ0) is 9.68. The maximum Gasteiger partial charge on any atom is 0.303 e. The molecule has 1 N–H and O–H groups in total. The van der Waals surface area contributed by atoms with Crippen molar-refractivity contribution in [3.05, 3.63) is 18.2 Å². The van der Waals surface area contributed by atoms with Crippen molar-refractivity contribution >= 4 is 5.97 Å². The maximum absolute atomic E-state index is 12.0. The minimum absolute atomic E-state index is 0.0536. The highest BCUT2D eigenvalue weighted by molar-refractivity contribution is 5.66. The van der Waals surface area contributed by atoms with Gasteiger partial charge < -0.3 is 9.67 Å². The van der Waals surface area contributed by atoms with Gasteiger partial charge in [0.2, 0.25) is 0 Å². The molecule has 0 aliphatic heterocycles. The number of carboxylic acids is 1. The van der Waals surface area contributed by atoms with Crippen LogP contribution >= 0.6 is 0 Å². The summed E-state index contributed by atoms with van der Waals surface area (Å²) >= 11 is 0. The Kier molecular flexibility index (Phi) is 3.42. The lowest BCUT2D eigenvalue weighted by Gasteiger charge is -2.03. The fraction of sp³-hybridized carbons (Fsp3) is 0.500. The van der Waals surface area contributed by atoms with Crippen LogP contribution in [0.25, 0.3) is 0 Å². The Hall–Kier alpha value is -1.39. The van der Waals surface area contributed by atoms with Gasteiger partial charge in [0.25, 0.3) is 0 Å². The van der Waals surface area contributed by atoms with E-state index in [1.165, 1.54) is 6.33 Å². The summed E-state index contributed by atoms with van der Waals surface area (Å²) in [5, 5.41) is 8.43. The summed E-state index contributed by atoms with van der Waals surface area (Å²) in [6.07, 6.45) is 3.53. The van der Waals surface area contributed by atoms with E-state index in [1.54, 1.807) is 10.8 Å². The molecule has 0 spiro atoms. The van der Waals surface area contributed by atoms with Gasteiger partial charge in [0.15, 0.2) is 0 Å². The van der Waals surface area contributed by atoms with E-state index in [1.807, 2.05) is 0 Å². The fourth-order valence-electron chi connectivity index (χ4n) is 1.08. The number of hydrogen-bond acceptors (Lipinski definition) is 2. The first kappa shape index (κ1) is 9.70. The second-order valence-corrected chi connectivity index (χ2v) is 2.66. The SMILES string of the molecule is O=C(O)CCc1cncn1CCF. The first-order valence-corrected chi connectivity index (χ1v) is 4.01. The number of hydrogen-bond donors (Lipinski definition) is 1. The number of carboxylic acid groups (broad SMARTS) is 1. The highest BCUT2D eigenvalue weighted by Crippen LogP contribution is 2.03. The Balaban J connectivity index is 2.54. The number of imidazole rings is 1. The van der Waals surface area contributed by atoms with Gasteiger partial charge in [0.05, 0.1) is 19.3 Å². The summed E-state index contributed by atoms with van der Waals surface area (Å²) in [6.45, 7) is -0.217. The van der Waals surface area contributed by atoms with Crippen LogP contribution in [0, 0.1) is 0 Å². The lowest BCUT2D eigenvalue weighted by Crippen LogP contribution is -2.05. The molecular formula is C8H11FN2O2. The molecule has 4 nitrogen and oxygen atoms in total. The summed E-state index contributed by atoms with van der Waals surface area (Å²) in [6, 6.07) is 0. The van der Waals surface area contributed by atoms with Crippen LogP contribution in [0.15, 0.2) is 12.5 Å². The number of aromatic nitrogens is 2. The Labute approximate surface area is 75.0 Å². The van der Waals surface area contributed by atoms with Crippen LogP contribution in [0.5, 0.6) is 0 Å². The smallest absolute Gasteiger partial charge is 0.303 e. The van der Waals surface area contributed by atoms with E-state index in [0.29, 0.717) is 6.42 Å². The van der Waals surface area contributed by atoms with Crippen molar-refractivity contribution in [2.45, 2.75) is 19.4 Å². The quantitative estimate of drug-likeness (QED) is 0.742. The predicted molar refractivity (Wildman–Crippen MR) is 44.2 cm³/mol. The average molecular weight is 186 g/mol. The molecule has 13 heavy (non-hydrogen) atoms. The molecule has 1 aromatic heterocycles. The zero-order valence-electron chi connectivity index (χ0n) is 7.11. The van der Waals surface area contributed by atoms with E-state index in [0.717, 1.165) is 5.69 Å². The lowest BCUT2D eigenvalue weighted by molar-refractivity contribution is -0.136. The predicted octanol–water partition coefficient (Wildman–Crippen LogP) is 0.870. The van der Waals surface area contributed by atoms with Crippen molar-refractivity contribution in [2.24, 2.45) is 0 Å². The van der Waals surface area contributed by atoms with E-state index in [4.69, 9.17) is 5.11 Å². The molecule has 1 heterocycles. The van der Waals surface area contributed by atoms with Crippen molar-refractivity contribution < 1.29 is 14.3 Å². The van der Waals surface area contributed by atoms with Gasteiger partial charge in [-0.1, -0.05) is 0 Å². The third kappa shape index (κ3) is 2.85. The zero-order valence-corrected chi connectivity index (χ0v) is 7.11. The molecule has 1 aromatic rings. The highest BCUT2D eigenvalue weighted by Gasteiger charge is 2.04. The molecule has 0 unspecified atom stereocenters. The molecule has 0 radical (unpaired) electrons. The van der Waals surface area contributed by atoms with E-state index in [2.05, 4.69) is 4.98 Å². The number of rotatable bonds is 5. The monoisotopic (exact) mass is 186 g/mol. The summed E-state index contributed by atoms with van der Waals surface area (Å²) in [4.78, 5) is 14.1. The Bertz CT molecular complexity index is 285. The van der Waals surface area contributed by atoms with E-state index >= 15 is 0 Å². The van der Waals surface area contributed by atoms with Crippen molar-refractivity contribution in [2.75, 3.05) is 6.67 Å². The molecular weight excluding hydrogens is 175 g/mol. The number of alkyl halides is 1. The lowest BCUT2D eigenvalue weighted by atomic mass is 10.2. The largest absolute Gasteiger partial charge is 0.481 e. The Morgan fingerprint density at radius 2 is 2.46 bits per heavy atom. The normalized spacial score (nSPS) is 10.2. The van der Waals surface area contributed by atoms with E-state index in [9.17, 15) is 9.18 Å². The molecule has 0 fully saturated rings. The molecule has 0 aliphatic carbocycles. The second-order valence-electron chi connectivity index (χ2n) is 2.66. The van der Waals surface area contributed by atoms with Crippen LogP contribution < -0.4 is 0 Å². The Morgan fingerprint density at radius 1 is 1.69 bits per heavy atom. The molecule has 72 valence electrons. The average Bonchev–Trinajstić information content (AvgIpc) is 2.49. The minimum atomic E-state index is -0.854. The highest BCUT2D eigenvalue weighted by atomic mass is 19.1. The third-order valence-electron chi connectivity index (χ3n) is 1.72. The number of aliphatic carboxylic acids is 1. The number of carbonyl (C=O) groups is 1. The van der Waals surface area contributed by atoms with Gasteiger partial charge in [0, 0.05) is 11.9 Å². The first-order valence-electron chi connectivity index (χ1n) is 4.01. The summed E-state index contributed by atoms with van der Waals surface area (Å²) in [5.74, 6) is -0.854. The molecule has 0 saturated heterocycles. The van der Waals surface area contributed by atoms with Crippen molar-refractivity contribution in [1.82, 2.24) is 9.55 Å². The topological polar surface area (TPSA) is 55.1 Å². The van der Waals surface area contributed by atoms with Gasteiger partial charge in [-0.15, -0.1) is 0 Å². The summed E-state index contributed by atoms with van der Waals surface area (Å²) < 4.78 is 13.6. The maximum atomic E-state index is 12.0. The summed E-state index contributed by atoms with van der Waals surface area (Å²) in [5.41, 5.74) is 0.764. The van der Waals surface area contributed by atoms with Gasteiger partial charge >= 0.3 is 5.97 Å². The van der Waals surface area contributed by atoms with E-state index < -0.39 is 12.6 Å². The van der Waals surface area contributed by atoms with Crippen LogP contribution in [0.3, 0.4) is 0 Å². The number of aryl methyl sites for hydroxylation is 2. The van der Waals surface area contributed by atoms with Crippen LogP contribution in [0.4, 0.5) is 4.39 Å². The van der Waals surface area contributed by atoms with Gasteiger partial charge in [0.1, 0.15) is 6.67 Å². The molecule has 0 aliphatic rings. The molecule has 0 amide bonds. The van der Waals surface area contributed by atoms with Crippen LogP contribution in [0.1, 0.15) is 12.1 Å². The molecule has 0 saturated carbocycles. The number of halogens is 1. The van der Waals surface area contributed by atoms with Crippen molar-refractivity contribution in [1.29, 1.82) is 0 Å². The van der Waals surface area contributed by atoms with Crippen LogP contribution in [-0.4, -0.2) is 27.3 Å². The third-order valence-corrected chi connectivity index (χ3v) is 1.72. The van der Waals surface area contributed by atoms with E-state index in [-0.39, 0.29) is 13.0 Å².